The fourth-order valence-corrected chi connectivity index (χ4v) is 2.17. The molecule has 2 aromatic rings. The molecule has 0 saturated carbocycles. The predicted molar refractivity (Wildman–Crippen MR) is 93.6 cm³/mol. The first-order chi connectivity index (χ1) is 11.0. The molecule has 0 radical (unpaired) electrons. The molecule has 1 aromatic carbocycles. The average Bonchev–Trinajstić information content (AvgIpc) is 2.55. The van der Waals surface area contributed by atoms with Gasteiger partial charge in [-0.3, -0.25) is 9.78 Å². The molecule has 23 heavy (non-hydrogen) atoms. The van der Waals surface area contributed by atoms with Crippen LogP contribution in [0.4, 0.5) is 11.4 Å². The first kappa shape index (κ1) is 17.1. The van der Waals surface area contributed by atoms with Crippen LogP contribution < -0.4 is 15.4 Å². The monoisotopic (exact) mass is 333 g/mol. The van der Waals surface area contributed by atoms with Gasteiger partial charge in [-0.05, 0) is 37.6 Å². The largest absolute Gasteiger partial charge is 0.495 e. The number of nitrogens with one attached hydrogen (secondary N) is 2. The molecule has 1 heterocycles. The number of rotatable bonds is 6. The van der Waals surface area contributed by atoms with Crippen molar-refractivity contribution in [3.05, 3.63) is 47.2 Å². The van der Waals surface area contributed by atoms with Gasteiger partial charge in [-0.1, -0.05) is 18.5 Å². The number of aromatic nitrogens is 1. The van der Waals surface area contributed by atoms with E-state index in [0.717, 1.165) is 12.1 Å². The van der Waals surface area contributed by atoms with Crippen LogP contribution in [0.1, 0.15) is 30.6 Å². The SMILES string of the molecule is CCC(C)Nc1cncc(C(=O)Nc2cc(Cl)ccc2OC)c1. The van der Waals surface area contributed by atoms with Crippen molar-refractivity contribution in [1.29, 1.82) is 0 Å². The van der Waals surface area contributed by atoms with Gasteiger partial charge in [0.05, 0.1) is 24.0 Å². The number of methoxy groups -OCH3 is 1. The molecule has 0 aliphatic heterocycles. The van der Waals surface area contributed by atoms with Gasteiger partial charge in [0.1, 0.15) is 5.75 Å². The van der Waals surface area contributed by atoms with Crippen LogP contribution in [0.25, 0.3) is 0 Å². The smallest absolute Gasteiger partial charge is 0.257 e. The average molecular weight is 334 g/mol. The first-order valence-electron chi connectivity index (χ1n) is 7.40. The molecule has 1 amide bonds. The number of hydrogen-bond donors (Lipinski definition) is 2. The minimum absolute atomic E-state index is 0.272. The third-order valence-corrected chi connectivity index (χ3v) is 3.67. The zero-order valence-electron chi connectivity index (χ0n) is 13.4. The summed E-state index contributed by atoms with van der Waals surface area (Å²) in [5.41, 5.74) is 1.79. The predicted octanol–water partition coefficient (Wildman–Crippen LogP) is 4.21. The topological polar surface area (TPSA) is 63.2 Å². The van der Waals surface area contributed by atoms with E-state index in [-0.39, 0.29) is 5.91 Å². The molecule has 1 aromatic heterocycles. The van der Waals surface area contributed by atoms with Crippen LogP contribution in [0.5, 0.6) is 5.75 Å². The van der Waals surface area contributed by atoms with Crippen LogP contribution in [0.3, 0.4) is 0 Å². The number of hydrogen-bond acceptors (Lipinski definition) is 4. The molecule has 2 N–H and O–H groups in total. The highest BCUT2D eigenvalue weighted by atomic mass is 35.5. The van der Waals surface area contributed by atoms with Crippen LogP contribution in [0.15, 0.2) is 36.7 Å². The van der Waals surface area contributed by atoms with Crippen molar-refractivity contribution in [1.82, 2.24) is 4.98 Å². The molecule has 5 nitrogen and oxygen atoms in total. The van der Waals surface area contributed by atoms with E-state index >= 15 is 0 Å². The van der Waals surface area contributed by atoms with Gasteiger partial charge in [0.2, 0.25) is 0 Å². The van der Waals surface area contributed by atoms with E-state index in [1.807, 2.05) is 0 Å². The second-order valence-corrected chi connectivity index (χ2v) is 5.65. The highest BCUT2D eigenvalue weighted by Gasteiger charge is 2.12. The Labute approximate surface area is 141 Å². The van der Waals surface area contributed by atoms with E-state index in [9.17, 15) is 4.79 Å². The zero-order chi connectivity index (χ0) is 16.8. The fourth-order valence-electron chi connectivity index (χ4n) is 2.00. The van der Waals surface area contributed by atoms with Crippen molar-refractivity contribution in [2.75, 3.05) is 17.7 Å². The van der Waals surface area contributed by atoms with Crippen molar-refractivity contribution >= 4 is 28.9 Å². The quantitative estimate of drug-likeness (QED) is 0.831. The summed E-state index contributed by atoms with van der Waals surface area (Å²) in [7, 11) is 1.54. The molecule has 0 aliphatic rings. The van der Waals surface area contributed by atoms with Crippen molar-refractivity contribution < 1.29 is 9.53 Å². The van der Waals surface area contributed by atoms with Gasteiger partial charge in [0, 0.05) is 23.5 Å². The van der Waals surface area contributed by atoms with Crippen molar-refractivity contribution in [3.8, 4) is 5.75 Å². The van der Waals surface area contributed by atoms with E-state index in [2.05, 4.69) is 29.5 Å². The highest BCUT2D eigenvalue weighted by Crippen LogP contribution is 2.28. The Morgan fingerprint density at radius 1 is 1.35 bits per heavy atom. The Morgan fingerprint density at radius 3 is 2.83 bits per heavy atom. The van der Waals surface area contributed by atoms with Crippen molar-refractivity contribution in [3.63, 3.8) is 0 Å². The molecule has 6 heteroatoms. The molecule has 1 unspecified atom stereocenters. The van der Waals surface area contributed by atoms with Gasteiger partial charge < -0.3 is 15.4 Å². The first-order valence-corrected chi connectivity index (χ1v) is 7.77. The normalized spacial score (nSPS) is 11.7. The maximum atomic E-state index is 12.4. The summed E-state index contributed by atoms with van der Waals surface area (Å²) in [6.45, 7) is 4.16. The lowest BCUT2D eigenvalue weighted by molar-refractivity contribution is 0.102. The minimum Gasteiger partial charge on any atom is -0.495 e. The van der Waals surface area contributed by atoms with Crippen molar-refractivity contribution in [2.45, 2.75) is 26.3 Å². The van der Waals surface area contributed by atoms with Gasteiger partial charge in [-0.25, -0.2) is 0 Å². The van der Waals surface area contributed by atoms with Crippen LogP contribution in [0, 0.1) is 0 Å². The lowest BCUT2D eigenvalue weighted by Crippen LogP contribution is -2.16. The lowest BCUT2D eigenvalue weighted by atomic mass is 10.2. The van der Waals surface area contributed by atoms with E-state index in [4.69, 9.17) is 16.3 Å². The molecule has 1 atom stereocenters. The summed E-state index contributed by atoms with van der Waals surface area (Å²) in [6, 6.07) is 7.13. The maximum Gasteiger partial charge on any atom is 0.257 e. The number of pyridine rings is 1. The summed E-state index contributed by atoms with van der Waals surface area (Å²) >= 11 is 5.97. The molecule has 0 bridgehead atoms. The second kappa shape index (κ2) is 7.83. The van der Waals surface area contributed by atoms with Crippen LogP contribution >= 0.6 is 11.6 Å². The van der Waals surface area contributed by atoms with E-state index in [1.165, 1.54) is 13.3 Å². The Kier molecular flexibility index (Phi) is 5.82. The summed E-state index contributed by atoms with van der Waals surface area (Å²) in [5, 5.41) is 6.61. The summed E-state index contributed by atoms with van der Waals surface area (Å²) in [4.78, 5) is 16.5. The molecule has 0 aliphatic carbocycles. The molecule has 0 spiro atoms. The van der Waals surface area contributed by atoms with Crippen molar-refractivity contribution in [2.24, 2.45) is 0 Å². The molecule has 0 fully saturated rings. The Morgan fingerprint density at radius 2 is 2.13 bits per heavy atom. The van der Waals surface area contributed by atoms with Crippen LogP contribution in [0.2, 0.25) is 5.02 Å². The minimum atomic E-state index is -0.272. The second-order valence-electron chi connectivity index (χ2n) is 5.21. The summed E-state index contributed by atoms with van der Waals surface area (Å²) < 4.78 is 5.23. The lowest BCUT2D eigenvalue weighted by Gasteiger charge is -2.14. The molecule has 122 valence electrons. The third-order valence-electron chi connectivity index (χ3n) is 3.44. The van der Waals surface area contributed by atoms with Gasteiger partial charge in [0.25, 0.3) is 5.91 Å². The van der Waals surface area contributed by atoms with Gasteiger partial charge in [0.15, 0.2) is 0 Å². The number of nitrogens with zero attached hydrogens (tertiary/aromatic N) is 1. The number of halogens is 1. The van der Waals surface area contributed by atoms with Gasteiger partial charge in [-0.15, -0.1) is 0 Å². The van der Waals surface area contributed by atoms with E-state index < -0.39 is 0 Å². The number of carbonyl (C=O) groups excluding carboxylic acids is 1. The fraction of sp³-hybridized carbons (Fsp3) is 0.294. The third kappa shape index (κ3) is 4.60. The number of carbonyl (C=O) groups is 1. The van der Waals surface area contributed by atoms with Crippen LogP contribution in [-0.4, -0.2) is 24.0 Å². The summed E-state index contributed by atoms with van der Waals surface area (Å²) in [5.74, 6) is 0.274. The summed E-state index contributed by atoms with van der Waals surface area (Å²) in [6.07, 6.45) is 4.20. The highest BCUT2D eigenvalue weighted by molar-refractivity contribution is 6.31. The van der Waals surface area contributed by atoms with Crippen LogP contribution in [-0.2, 0) is 0 Å². The Bertz CT molecular complexity index is 691. The van der Waals surface area contributed by atoms with E-state index in [0.29, 0.717) is 28.1 Å². The maximum absolute atomic E-state index is 12.4. The number of ether oxygens (including phenoxy) is 1. The van der Waals surface area contributed by atoms with Gasteiger partial charge >= 0.3 is 0 Å². The number of amides is 1. The van der Waals surface area contributed by atoms with Gasteiger partial charge in [-0.2, -0.15) is 0 Å². The molecular weight excluding hydrogens is 314 g/mol. The Balaban J connectivity index is 2.18. The Hall–Kier alpha value is -2.27. The number of benzene rings is 1. The molecular formula is C17H20ClN3O2. The molecule has 0 saturated heterocycles. The number of anilines is 2. The standard InChI is InChI=1S/C17H20ClN3O2/c1-4-11(2)20-14-7-12(9-19-10-14)17(22)21-15-8-13(18)5-6-16(15)23-3/h5-11,20H,4H2,1-3H3,(H,21,22). The zero-order valence-corrected chi connectivity index (χ0v) is 14.1. The molecule has 2 rings (SSSR count). The van der Waals surface area contributed by atoms with E-state index in [1.54, 1.807) is 30.5 Å².